The first-order valence-electron chi connectivity index (χ1n) is 7.69. The third-order valence-electron chi connectivity index (χ3n) is 3.51. The van der Waals surface area contributed by atoms with Gasteiger partial charge in [0.2, 0.25) is 0 Å². The fourth-order valence-electron chi connectivity index (χ4n) is 2.44. The van der Waals surface area contributed by atoms with Crippen molar-refractivity contribution in [1.29, 1.82) is 0 Å². The molecule has 0 radical (unpaired) electrons. The van der Waals surface area contributed by atoms with E-state index in [1.807, 2.05) is 24.3 Å². The topological polar surface area (TPSA) is 116 Å². The standard InChI is InChI=1S/C16H21NO3.CH2O3/c1-2-20-16(19)8-5-12-3-6-13(7-4-12)14-9-10-17-11-15(14)18;2-1(3)4/h3-8,14-15,17-18H,2,9-11H2,1H3;(H2,2,3,4). The van der Waals surface area contributed by atoms with E-state index in [1.165, 1.54) is 6.08 Å². The smallest absolute Gasteiger partial charge is 0.463 e. The molecule has 1 saturated heterocycles. The number of rotatable bonds is 4. The maximum Gasteiger partial charge on any atom is 0.503 e. The number of piperidine rings is 1. The fourth-order valence-corrected chi connectivity index (χ4v) is 2.44. The number of β-amino-alcohol motifs (C(OH)–C–C–N with tert-alkyl or cyclic N) is 1. The van der Waals surface area contributed by atoms with E-state index in [2.05, 4.69) is 5.32 Å². The Hall–Kier alpha value is -2.38. The summed E-state index contributed by atoms with van der Waals surface area (Å²) in [4.78, 5) is 19.8. The summed E-state index contributed by atoms with van der Waals surface area (Å²) in [6, 6.07) is 7.95. The monoisotopic (exact) mass is 337 g/mol. The predicted molar refractivity (Wildman–Crippen MR) is 89.0 cm³/mol. The lowest BCUT2D eigenvalue weighted by molar-refractivity contribution is -0.137. The SMILES string of the molecule is CCOC(=O)C=Cc1ccc(C2CCNCC2O)cc1.O=C(O)O. The molecule has 2 unspecified atom stereocenters. The highest BCUT2D eigenvalue weighted by molar-refractivity contribution is 5.87. The summed E-state index contributed by atoms with van der Waals surface area (Å²) in [5.74, 6) is -0.135. The van der Waals surface area contributed by atoms with Crippen LogP contribution in [0.5, 0.6) is 0 Å². The largest absolute Gasteiger partial charge is 0.503 e. The molecule has 2 rings (SSSR count). The van der Waals surface area contributed by atoms with Crippen LogP contribution in [0.2, 0.25) is 0 Å². The van der Waals surface area contributed by atoms with Gasteiger partial charge in [-0.05, 0) is 37.1 Å². The van der Waals surface area contributed by atoms with Crippen molar-refractivity contribution in [2.75, 3.05) is 19.7 Å². The molecule has 1 heterocycles. The summed E-state index contributed by atoms with van der Waals surface area (Å²) in [6.07, 6.45) is 1.95. The minimum Gasteiger partial charge on any atom is -0.463 e. The molecule has 0 saturated carbocycles. The first kappa shape index (κ1) is 19.7. The molecular weight excluding hydrogens is 314 g/mol. The van der Waals surface area contributed by atoms with Crippen LogP contribution < -0.4 is 5.32 Å². The number of carboxylic acid groups (broad SMARTS) is 2. The summed E-state index contributed by atoms with van der Waals surface area (Å²) in [5, 5.41) is 27.1. The molecule has 7 heteroatoms. The lowest BCUT2D eigenvalue weighted by Gasteiger charge is -2.28. The number of hydrogen-bond donors (Lipinski definition) is 4. The van der Waals surface area contributed by atoms with Crippen LogP contribution >= 0.6 is 0 Å². The Morgan fingerprint density at radius 3 is 2.46 bits per heavy atom. The first-order chi connectivity index (χ1) is 11.4. The third kappa shape index (κ3) is 7.26. The van der Waals surface area contributed by atoms with Crippen LogP contribution in [0.3, 0.4) is 0 Å². The van der Waals surface area contributed by atoms with E-state index < -0.39 is 6.16 Å². The van der Waals surface area contributed by atoms with Gasteiger partial charge in [-0.25, -0.2) is 9.59 Å². The van der Waals surface area contributed by atoms with E-state index >= 15 is 0 Å². The molecule has 1 aromatic carbocycles. The van der Waals surface area contributed by atoms with Crippen molar-refractivity contribution in [2.24, 2.45) is 0 Å². The van der Waals surface area contributed by atoms with Crippen LogP contribution in [-0.4, -0.2) is 53.2 Å². The summed E-state index contributed by atoms with van der Waals surface area (Å²) in [7, 11) is 0. The zero-order valence-corrected chi connectivity index (χ0v) is 13.5. The average Bonchev–Trinajstić information content (AvgIpc) is 2.54. The van der Waals surface area contributed by atoms with Crippen LogP contribution in [0.15, 0.2) is 30.3 Å². The summed E-state index contributed by atoms with van der Waals surface area (Å²) >= 11 is 0. The van der Waals surface area contributed by atoms with Crippen molar-refractivity contribution in [3.8, 4) is 0 Å². The lowest BCUT2D eigenvalue weighted by atomic mass is 9.87. The Bertz CT molecular complexity index is 551. The van der Waals surface area contributed by atoms with Gasteiger partial charge in [-0.3, -0.25) is 0 Å². The minimum absolute atomic E-state index is 0.194. The number of esters is 1. The van der Waals surface area contributed by atoms with Crippen LogP contribution in [0.25, 0.3) is 6.08 Å². The second kappa shape index (κ2) is 10.4. The van der Waals surface area contributed by atoms with Crippen molar-refractivity contribution < 1.29 is 29.6 Å². The molecule has 1 fully saturated rings. The number of nitrogens with one attached hydrogen (secondary N) is 1. The molecule has 24 heavy (non-hydrogen) atoms. The summed E-state index contributed by atoms with van der Waals surface area (Å²) in [5.41, 5.74) is 2.09. The van der Waals surface area contributed by atoms with E-state index in [0.29, 0.717) is 13.2 Å². The zero-order valence-electron chi connectivity index (χ0n) is 13.5. The highest BCUT2D eigenvalue weighted by Crippen LogP contribution is 2.25. The third-order valence-corrected chi connectivity index (χ3v) is 3.51. The number of ether oxygens (including phenoxy) is 1. The van der Waals surface area contributed by atoms with Crippen molar-refractivity contribution in [2.45, 2.75) is 25.4 Å². The highest BCUT2D eigenvalue weighted by atomic mass is 16.6. The summed E-state index contributed by atoms with van der Waals surface area (Å²) in [6.45, 7) is 3.75. The molecule has 2 atom stereocenters. The zero-order chi connectivity index (χ0) is 17.9. The van der Waals surface area contributed by atoms with E-state index in [9.17, 15) is 9.90 Å². The van der Waals surface area contributed by atoms with Gasteiger partial charge < -0.3 is 25.4 Å². The Morgan fingerprint density at radius 1 is 1.29 bits per heavy atom. The Morgan fingerprint density at radius 2 is 1.92 bits per heavy atom. The molecule has 7 nitrogen and oxygen atoms in total. The van der Waals surface area contributed by atoms with E-state index in [4.69, 9.17) is 19.7 Å². The molecule has 1 aliphatic heterocycles. The van der Waals surface area contributed by atoms with Gasteiger partial charge in [0, 0.05) is 18.5 Å². The van der Waals surface area contributed by atoms with Gasteiger partial charge in [0.25, 0.3) is 0 Å². The van der Waals surface area contributed by atoms with Crippen LogP contribution in [-0.2, 0) is 9.53 Å². The van der Waals surface area contributed by atoms with Gasteiger partial charge >= 0.3 is 12.1 Å². The molecule has 4 N–H and O–H groups in total. The number of hydrogen-bond acceptors (Lipinski definition) is 5. The quantitative estimate of drug-likeness (QED) is 0.490. The maximum absolute atomic E-state index is 11.2. The van der Waals surface area contributed by atoms with Crippen LogP contribution in [0.1, 0.15) is 30.4 Å². The second-order valence-electron chi connectivity index (χ2n) is 5.20. The fraction of sp³-hybridized carbons (Fsp3) is 0.412. The molecule has 1 aliphatic rings. The molecule has 0 aromatic heterocycles. The first-order valence-corrected chi connectivity index (χ1v) is 7.69. The molecule has 0 spiro atoms. The second-order valence-corrected chi connectivity index (χ2v) is 5.20. The van der Waals surface area contributed by atoms with Gasteiger partial charge in [-0.2, -0.15) is 0 Å². The molecule has 0 amide bonds. The normalized spacial score (nSPS) is 20.1. The molecule has 132 valence electrons. The molecule has 0 aliphatic carbocycles. The highest BCUT2D eigenvalue weighted by Gasteiger charge is 2.23. The average molecular weight is 337 g/mol. The Kier molecular flexibility index (Phi) is 8.53. The van der Waals surface area contributed by atoms with Gasteiger partial charge in [0.05, 0.1) is 12.7 Å². The van der Waals surface area contributed by atoms with Gasteiger partial charge in [-0.1, -0.05) is 24.3 Å². The van der Waals surface area contributed by atoms with Gasteiger partial charge in [0.1, 0.15) is 0 Å². The van der Waals surface area contributed by atoms with E-state index in [0.717, 1.165) is 24.1 Å². The predicted octanol–water partition coefficient (Wildman–Crippen LogP) is 1.92. The van der Waals surface area contributed by atoms with Crippen molar-refractivity contribution >= 4 is 18.2 Å². The minimum atomic E-state index is -1.83. The van der Waals surface area contributed by atoms with Crippen molar-refractivity contribution in [1.82, 2.24) is 5.32 Å². The number of aliphatic hydroxyl groups excluding tert-OH is 1. The number of carbonyl (C=O) groups excluding carboxylic acids is 1. The Balaban J connectivity index is 0.000000648. The van der Waals surface area contributed by atoms with Crippen molar-refractivity contribution in [3.05, 3.63) is 41.5 Å². The van der Waals surface area contributed by atoms with Gasteiger partial charge in [-0.15, -0.1) is 0 Å². The van der Waals surface area contributed by atoms with Gasteiger partial charge in [0.15, 0.2) is 0 Å². The summed E-state index contributed by atoms with van der Waals surface area (Å²) < 4.78 is 4.83. The number of benzene rings is 1. The lowest BCUT2D eigenvalue weighted by Crippen LogP contribution is -2.39. The molecular formula is C17H23NO6. The molecule has 1 aromatic rings. The van der Waals surface area contributed by atoms with E-state index in [-0.39, 0.29) is 18.0 Å². The Labute approximate surface area is 140 Å². The number of aliphatic hydroxyl groups is 1. The van der Waals surface area contributed by atoms with E-state index in [1.54, 1.807) is 13.0 Å². The van der Waals surface area contributed by atoms with Crippen LogP contribution in [0.4, 0.5) is 4.79 Å². The number of carbonyl (C=O) groups is 2. The molecule has 0 bridgehead atoms. The van der Waals surface area contributed by atoms with Crippen LogP contribution in [0, 0.1) is 0 Å². The van der Waals surface area contributed by atoms with Crippen molar-refractivity contribution in [3.63, 3.8) is 0 Å². The maximum atomic E-state index is 11.2.